The third-order valence-electron chi connectivity index (χ3n) is 3.40. The Morgan fingerprint density at radius 3 is 2.74 bits per heavy atom. The van der Waals surface area contributed by atoms with E-state index in [2.05, 4.69) is 15.9 Å². The van der Waals surface area contributed by atoms with Gasteiger partial charge in [0.25, 0.3) is 0 Å². The summed E-state index contributed by atoms with van der Waals surface area (Å²) in [6, 6.07) is 7.20. The Morgan fingerprint density at radius 2 is 2.16 bits per heavy atom. The van der Waals surface area contributed by atoms with Crippen LogP contribution in [0, 0.1) is 0 Å². The number of carbonyl (C=O) groups is 1. The average molecular weight is 328 g/mol. The van der Waals surface area contributed by atoms with Crippen molar-refractivity contribution in [1.29, 1.82) is 0 Å². The maximum Gasteiger partial charge on any atom is 0.327 e. The van der Waals surface area contributed by atoms with Crippen molar-refractivity contribution in [2.45, 2.75) is 25.0 Å². The van der Waals surface area contributed by atoms with Gasteiger partial charge in [-0.3, -0.25) is 4.90 Å². The van der Waals surface area contributed by atoms with Crippen LogP contribution in [0.25, 0.3) is 0 Å². The number of β-amino-alcohol motifs (C(OH)–C–C–N with tert-alkyl or cyclic N) is 1. The van der Waals surface area contributed by atoms with Crippen LogP contribution >= 0.6 is 15.9 Å². The molecule has 1 aliphatic rings. The molecular weight excluding hydrogens is 310 g/mol. The van der Waals surface area contributed by atoms with Gasteiger partial charge in [0.15, 0.2) is 0 Å². The first-order chi connectivity index (χ1) is 9.11. The molecule has 2 rings (SSSR count). The second-order valence-corrected chi connectivity index (χ2v) is 5.68. The van der Waals surface area contributed by atoms with Crippen LogP contribution in [-0.4, -0.2) is 42.3 Å². The largest absolute Gasteiger partial charge is 0.468 e. The van der Waals surface area contributed by atoms with E-state index < -0.39 is 6.04 Å². The highest BCUT2D eigenvalue weighted by atomic mass is 79.9. The van der Waals surface area contributed by atoms with E-state index >= 15 is 0 Å². The molecule has 1 aromatic rings. The van der Waals surface area contributed by atoms with Crippen molar-refractivity contribution in [3.63, 3.8) is 0 Å². The first kappa shape index (κ1) is 14.5. The summed E-state index contributed by atoms with van der Waals surface area (Å²) in [4.78, 5) is 14.0. The standard InChI is InChI=1S/C14H18BrNO3/c1-19-14(18)13(10-4-6-11(15)7-5-10)16-8-2-3-12(17)9-16/h4-7,12-13,17H,2-3,8-9H2,1H3/t12-,13+/m0/s1. The van der Waals surface area contributed by atoms with E-state index in [1.54, 1.807) is 0 Å². The van der Waals surface area contributed by atoms with Gasteiger partial charge in [-0.15, -0.1) is 0 Å². The summed E-state index contributed by atoms with van der Waals surface area (Å²) in [7, 11) is 1.40. The summed E-state index contributed by atoms with van der Waals surface area (Å²) < 4.78 is 5.88. The Labute approximate surface area is 121 Å². The predicted molar refractivity (Wildman–Crippen MR) is 75.7 cm³/mol. The molecule has 1 fully saturated rings. The molecule has 0 bridgehead atoms. The lowest BCUT2D eigenvalue weighted by molar-refractivity contribution is -0.148. The number of rotatable bonds is 3. The summed E-state index contributed by atoms with van der Waals surface area (Å²) in [5.41, 5.74) is 0.893. The number of esters is 1. The van der Waals surface area contributed by atoms with E-state index in [-0.39, 0.29) is 12.1 Å². The van der Waals surface area contributed by atoms with E-state index in [9.17, 15) is 9.90 Å². The number of hydrogen-bond acceptors (Lipinski definition) is 4. The number of carbonyl (C=O) groups excluding carboxylic acids is 1. The van der Waals surface area contributed by atoms with Crippen LogP contribution in [-0.2, 0) is 9.53 Å². The number of likely N-dealkylation sites (tertiary alicyclic amines) is 1. The summed E-state index contributed by atoms with van der Waals surface area (Å²) >= 11 is 3.38. The normalized spacial score (nSPS) is 21.9. The summed E-state index contributed by atoms with van der Waals surface area (Å²) in [6.07, 6.45) is 1.33. The molecule has 5 heteroatoms. The molecular formula is C14H18BrNO3. The first-order valence-electron chi connectivity index (χ1n) is 6.37. The van der Waals surface area contributed by atoms with E-state index in [4.69, 9.17) is 4.74 Å². The van der Waals surface area contributed by atoms with Crippen LogP contribution < -0.4 is 0 Å². The lowest BCUT2D eigenvalue weighted by Crippen LogP contribution is -2.43. The molecule has 2 atom stereocenters. The molecule has 1 saturated heterocycles. The summed E-state index contributed by atoms with van der Waals surface area (Å²) in [6.45, 7) is 1.31. The number of ether oxygens (including phenoxy) is 1. The Balaban J connectivity index is 2.25. The van der Waals surface area contributed by atoms with Crippen LogP contribution in [0.3, 0.4) is 0 Å². The quantitative estimate of drug-likeness (QED) is 0.864. The minimum Gasteiger partial charge on any atom is -0.468 e. The maximum absolute atomic E-state index is 12.0. The van der Waals surface area contributed by atoms with Crippen LogP contribution in [0.2, 0.25) is 0 Å². The van der Waals surface area contributed by atoms with E-state index in [0.717, 1.165) is 29.4 Å². The number of benzene rings is 1. The van der Waals surface area contributed by atoms with Crippen molar-refractivity contribution >= 4 is 21.9 Å². The molecule has 1 aromatic carbocycles. The minimum atomic E-state index is -0.437. The topological polar surface area (TPSA) is 49.8 Å². The van der Waals surface area contributed by atoms with Crippen LogP contribution in [0.1, 0.15) is 24.4 Å². The van der Waals surface area contributed by atoms with Crippen LogP contribution in [0.15, 0.2) is 28.7 Å². The monoisotopic (exact) mass is 327 g/mol. The maximum atomic E-state index is 12.0. The van der Waals surface area contributed by atoms with E-state index in [0.29, 0.717) is 6.54 Å². The van der Waals surface area contributed by atoms with Crippen molar-refractivity contribution in [3.05, 3.63) is 34.3 Å². The van der Waals surface area contributed by atoms with Crippen molar-refractivity contribution in [2.75, 3.05) is 20.2 Å². The third kappa shape index (κ3) is 3.55. The van der Waals surface area contributed by atoms with Gasteiger partial charge in [0.2, 0.25) is 0 Å². The number of methoxy groups -OCH3 is 1. The van der Waals surface area contributed by atoms with E-state index in [1.807, 2.05) is 29.2 Å². The fourth-order valence-corrected chi connectivity index (χ4v) is 2.73. The van der Waals surface area contributed by atoms with Crippen molar-refractivity contribution in [2.24, 2.45) is 0 Å². The van der Waals surface area contributed by atoms with Crippen molar-refractivity contribution in [1.82, 2.24) is 4.90 Å². The Kier molecular flexibility index (Phi) is 4.96. The van der Waals surface area contributed by atoms with Gasteiger partial charge in [-0.25, -0.2) is 4.79 Å². The zero-order valence-corrected chi connectivity index (χ0v) is 12.5. The zero-order chi connectivity index (χ0) is 13.8. The highest BCUT2D eigenvalue weighted by Crippen LogP contribution is 2.27. The number of hydrogen-bond donors (Lipinski definition) is 1. The third-order valence-corrected chi connectivity index (χ3v) is 3.93. The predicted octanol–water partition coefficient (Wildman–Crippen LogP) is 2.12. The molecule has 0 unspecified atom stereocenters. The van der Waals surface area contributed by atoms with Gasteiger partial charge in [-0.05, 0) is 37.1 Å². The van der Waals surface area contributed by atoms with E-state index in [1.165, 1.54) is 7.11 Å². The Hall–Kier alpha value is -0.910. The molecule has 1 heterocycles. The van der Waals surface area contributed by atoms with Gasteiger partial charge in [0, 0.05) is 11.0 Å². The van der Waals surface area contributed by atoms with Gasteiger partial charge >= 0.3 is 5.97 Å². The second-order valence-electron chi connectivity index (χ2n) is 4.77. The molecule has 1 N–H and O–H groups in total. The Morgan fingerprint density at radius 1 is 1.47 bits per heavy atom. The minimum absolute atomic E-state index is 0.281. The van der Waals surface area contributed by atoms with Gasteiger partial charge in [0.1, 0.15) is 6.04 Å². The lowest BCUT2D eigenvalue weighted by atomic mass is 10.0. The molecule has 0 aliphatic carbocycles. The molecule has 0 spiro atoms. The van der Waals surface area contributed by atoms with Gasteiger partial charge in [0.05, 0.1) is 13.2 Å². The number of aliphatic hydroxyl groups excluding tert-OH is 1. The molecule has 4 nitrogen and oxygen atoms in total. The number of aliphatic hydroxyl groups is 1. The Bertz CT molecular complexity index is 435. The molecule has 104 valence electrons. The summed E-state index contributed by atoms with van der Waals surface area (Å²) in [5.74, 6) is -0.281. The highest BCUT2D eigenvalue weighted by Gasteiger charge is 2.31. The molecule has 1 aliphatic heterocycles. The molecule has 19 heavy (non-hydrogen) atoms. The fraction of sp³-hybridized carbons (Fsp3) is 0.500. The lowest BCUT2D eigenvalue weighted by Gasteiger charge is -2.35. The zero-order valence-electron chi connectivity index (χ0n) is 10.9. The van der Waals surface area contributed by atoms with Crippen LogP contribution in [0.4, 0.5) is 0 Å². The smallest absolute Gasteiger partial charge is 0.327 e. The average Bonchev–Trinajstić information content (AvgIpc) is 2.41. The second kappa shape index (κ2) is 6.50. The molecule has 0 saturated carbocycles. The van der Waals surface area contributed by atoms with Crippen LogP contribution in [0.5, 0.6) is 0 Å². The molecule has 0 radical (unpaired) electrons. The SMILES string of the molecule is COC(=O)[C@@H](c1ccc(Br)cc1)N1CCC[C@H](O)C1. The van der Waals surface area contributed by atoms with Gasteiger partial charge in [-0.2, -0.15) is 0 Å². The number of nitrogens with zero attached hydrogens (tertiary/aromatic N) is 1. The number of halogens is 1. The van der Waals surface area contributed by atoms with Crippen molar-refractivity contribution in [3.8, 4) is 0 Å². The fourth-order valence-electron chi connectivity index (χ4n) is 2.47. The van der Waals surface area contributed by atoms with Gasteiger partial charge < -0.3 is 9.84 Å². The summed E-state index contributed by atoms with van der Waals surface area (Å²) in [5, 5.41) is 9.77. The number of piperidine rings is 1. The highest BCUT2D eigenvalue weighted by molar-refractivity contribution is 9.10. The van der Waals surface area contributed by atoms with Gasteiger partial charge in [-0.1, -0.05) is 28.1 Å². The van der Waals surface area contributed by atoms with Crippen molar-refractivity contribution < 1.29 is 14.6 Å². The first-order valence-corrected chi connectivity index (χ1v) is 7.16. The molecule has 0 aromatic heterocycles. The molecule has 0 amide bonds.